The van der Waals surface area contributed by atoms with Gasteiger partial charge in [-0.05, 0) is 40.7 Å². The molecule has 6 heteroatoms. The van der Waals surface area contributed by atoms with Crippen molar-refractivity contribution < 1.29 is 18.7 Å². The van der Waals surface area contributed by atoms with Crippen LogP contribution in [0.15, 0.2) is 27.5 Å². The van der Waals surface area contributed by atoms with E-state index in [0.29, 0.717) is 11.5 Å². The molecular weight excluding hydrogens is 330 g/mol. The van der Waals surface area contributed by atoms with Gasteiger partial charge in [0.2, 0.25) is 5.79 Å². The van der Waals surface area contributed by atoms with Crippen molar-refractivity contribution in [2.75, 3.05) is 14.2 Å². The molecule has 0 bridgehead atoms. The second kappa shape index (κ2) is 6.90. The van der Waals surface area contributed by atoms with Crippen LogP contribution in [-0.4, -0.2) is 42.8 Å². The fourth-order valence-electron chi connectivity index (χ4n) is 3.66. The van der Waals surface area contributed by atoms with Crippen molar-refractivity contribution in [1.82, 2.24) is 4.90 Å². The average molecular weight is 356 g/mol. The topological polar surface area (TPSA) is 51.9 Å². The second-order valence-corrected chi connectivity index (χ2v) is 6.94. The van der Waals surface area contributed by atoms with Gasteiger partial charge in [-0.25, -0.2) is 0 Å². The molecule has 0 fully saturated rings. The van der Waals surface area contributed by atoms with Crippen LogP contribution in [0.3, 0.4) is 0 Å². The lowest BCUT2D eigenvalue weighted by Gasteiger charge is -2.43. The van der Waals surface area contributed by atoms with Crippen LogP contribution in [0.25, 0.3) is 0 Å². The number of ether oxygens (including phenoxy) is 2. The molecular formula is C18H26ClNO4. The number of ketones is 1. The Balaban J connectivity index is 2.70. The number of aryl methyl sites for hydroxylation is 1. The molecule has 0 aromatic carbocycles. The molecule has 0 saturated heterocycles. The largest absolute Gasteiger partial charge is 0.469 e. The summed E-state index contributed by atoms with van der Waals surface area (Å²) in [6.45, 7) is 10.0. The van der Waals surface area contributed by atoms with Crippen LogP contribution < -0.4 is 0 Å². The third kappa shape index (κ3) is 2.68. The molecule has 0 saturated carbocycles. The Hall–Kier alpha value is -1.30. The maximum Gasteiger partial charge on any atom is 0.225 e. The van der Waals surface area contributed by atoms with E-state index < -0.39 is 11.7 Å². The summed E-state index contributed by atoms with van der Waals surface area (Å²) in [6.07, 6.45) is 1.56. The van der Waals surface area contributed by atoms with Crippen LogP contribution in [0.5, 0.6) is 0 Å². The summed E-state index contributed by atoms with van der Waals surface area (Å²) >= 11 is 6.52. The van der Waals surface area contributed by atoms with E-state index in [4.69, 9.17) is 25.5 Å². The fraction of sp³-hybridized carbons (Fsp3) is 0.611. The molecule has 1 aromatic heterocycles. The van der Waals surface area contributed by atoms with Crippen molar-refractivity contribution in [2.45, 2.75) is 58.4 Å². The number of hydrogen-bond acceptors (Lipinski definition) is 5. The zero-order chi connectivity index (χ0) is 18.2. The van der Waals surface area contributed by atoms with E-state index in [1.54, 1.807) is 12.3 Å². The maximum atomic E-state index is 13.0. The number of hydrogen-bond donors (Lipinski definition) is 0. The van der Waals surface area contributed by atoms with Gasteiger partial charge in [-0.2, -0.15) is 0 Å². The highest BCUT2D eigenvalue weighted by Gasteiger charge is 2.59. The van der Waals surface area contributed by atoms with Crippen molar-refractivity contribution in [1.29, 1.82) is 0 Å². The smallest absolute Gasteiger partial charge is 0.225 e. The lowest BCUT2D eigenvalue weighted by atomic mass is 9.90. The SMILES string of the molecule is COC1(OC)C(N(C(C)C)C(C)C)=C(Cl)C(=O)C1c1ccoc1C. The second-order valence-electron chi connectivity index (χ2n) is 6.56. The number of allylic oxidation sites excluding steroid dienone is 1. The number of halogens is 1. The fourth-order valence-corrected chi connectivity index (χ4v) is 4.00. The first-order valence-electron chi connectivity index (χ1n) is 8.10. The number of methoxy groups -OCH3 is 2. The zero-order valence-corrected chi connectivity index (χ0v) is 16.1. The summed E-state index contributed by atoms with van der Waals surface area (Å²) in [7, 11) is 3.07. The van der Waals surface area contributed by atoms with Crippen molar-refractivity contribution in [3.8, 4) is 0 Å². The molecule has 24 heavy (non-hydrogen) atoms. The maximum absolute atomic E-state index is 13.0. The quantitative estimate of drug-likeness (QED) is 0.726. The first kappa shape index (κ1) is 19.0. The Labute approximate surface area is 148 Å². The number of nitrogens with zero attached hydrogens (tertiary/aromatic N) is 1. The first-order chi connectivity index (χ1) is 11.2. The van der Waals surface area contributed by atoms with E-state index >= 15 is 0 Å². The van der Waals surface area contributed by atoms with Crippen LogP contribution >= 0.6 is 11.6 Å². The Morgan fingerprint density at radius 2 is 1.75 bits per heavy atom. The molecule has 1 aliphatic carbocycles. The molecule has 0 amide bonds. The van der Waals surface area contributed by atoms with E-state index in [1.165, 1.54) is 14.2 Å². The van der Waals surface area contributed by atoms with Gasteiger partial charge in [-0.15, -0.1) is 0 Å². The van der Waals surface area contributed by atoms with E-state index in [9.17, 15) is 4.79 Å². The lowest BCUT2D eigenvalue weighted by Crippen LogP contribution is -2.50. The summed E-state index contributed by atoms with van der Waals surface area (Å²) in [5, 5.41) is 0.159. The Morgan fingerprint density at radius 3 is 2.12 bits per heavy atom. The molecule has 0 spiro atoms. The minimum absolute atomic E-state index is 0.121. The van der Waals surface area contributed by atoms with E-state index in [2.05, 4.69) is 4.90 Å². The Morgan fingerprint density at radius 1 is 1.21 bits per heavy atom. The molecule has 1 unspecified atom stereocenters. The van der Waals surface area contributed by atoms with Crippen LogP contribution in [0.4, 0.5) is 0 Å². The predicted octanol–water partition coefficient (Wildman–Crippen LogP) is 3.81. The number of rotatable bonds is 6. The minimum atomic E-state index is -1.28. The third-order valence-electron chi connectivity index (χ3n) is 4.58. The highest BCUT2D eigenvalue weighted by atomic mass is 35.5. The molecule has 1 aliphatic rings. The van der Waals surface area contributed by atoms with Gasteiger partial charge in [0, 0.05) is 31.9 Å². The van der Waals surface area contributed by atoms with Crippen molar-refractivity contribution in [2.24, 2.45) is 0 Å². The molecule has 1 heterocycles. The number of Topliss-reactive ketones (excluding diaryl/α,β-unsaturated/α-hetero) is 1. The highest BCUT2D eigenvalue weighted by molar-refractivity contribution is 6.45. The molecule has 0 N–H and O–H groups in total. The molecule has 0 aliphatic heterocycles. The first-order valence-corrected chi connectivity index (χ1v) is 8.47. The van der Waals surface area contributed by atoms with Gasteiger partial charge in [0.05, 0.1) is 12.0 Å². The van der Waals surface area contributed by atoms with Crippen molar-refractivity contribution in [3.63, 3.8) is 0 Å². The zero-order valence-electron chi connectivity index (χ0n) is 15.3. The van der Waals surface area contributed by atoms with Crippen LogP contribution in [-0.2, 0) is 14.3 Å². The molecule has 0 radical (unpaired) electrons. The van der Waals surface area contributed by atoms with Gasteiger partial charge in [0.15, 0.2) is 5.78 Å². The van der Waals surface area contributed by atoms with E-state index in [-0.39, 0.29) is 22.9 Å². The molecule has 5 nitrogen and oxygen atoms in total. The monoisotopic (exact) mass is 355 g/mol. The summed E-state index contributed by atoms with van der Waals surface area (Å²) < 4.78 is 17.0. The summed E-state index contributed by atoms with van der Waals surface area (Å²) in [6, 6.07) is 2.01. The third-order valence-corrected chi connectivity index (χ3v) is 4.95. The van der Waals surface area contributed by atoms with Crippen molar-refractivity contribution >= 4 is 17.4 Å². The molecule has 1 atom stereocenters. The normalized spacial score (nSPS) is 20.6. The van der Waals surface area contributed by atoms with Crippen molar-refractivity contribution in [3.05, 3.63) is 34.4 Å². The van der Waals surface area contributed by atoms with Gasteiger partial charge in [0.1, 0.15) is 16.7 Å². The number of furan rings is 1. The predicted molar refractivity (Wildman–Crippen MR) is 92.9 cm³/mol. The van der Waals surface area contributed by atoms with Gasteiger partial charge in [0.25, 0.3) is 0 Å². The molecule has 1 aromatic rings. The summed E-state index contributed by atoms with van der Waals surface area (Å²) in [5.41, 5.74) is 1.30. The van der Waals surface area contributed by atoms with Gasteiger partial charge >= 0.3 is 0 Å². The summed E-state index contributed by atoms with van der Waals surface area (Å²) in [4.78, 5) is 15.1. The Bertz CT molecular complexity index is 635. The minimum Gasteiger partial charge on any atom is -0.469 e. The van der Waals surface area contributed by atoms with Crippen LogP contribution in [0, 0.1) is 6.92 Å². The average Bonchev–Trinajstić information content (AvgIpc) is 3.01. The van der Waals surface area contributed by atoms with E-state index in [1.807, 2.05) is 34.6 Å². The van der Waals surface area contributed by atoms with Crippen LogP contribution in [0.2, 0.25) is 0 Å². The standard InChI is InChI=1S/C18H26ClNO4/c1-10(2)20(11(3)4)17-15(19)16(21)14(18(17,22-6)23-7)13-8-9-24-12(13)5/h8-11,14H,1-7H3. The number of carbonyl (C=O) groups is 1. The van der Waals surface area contributed by atoms with Gasteiger partial charge < -0.3 is 18.8 Å². The Kier molecular flexibility index (Phi) is 5.47. The summed E-state index contributed by atoms with van der Waals surface area (Å²) in [5.74, 6) is -1.55. The number of carbonyl (C=O) groups excluding carboxylic acids is 1. The van der Waals surface area contributed by atoms with Gasteiger partial charge in [-0.1, -0.05) is 11.6 Å². The molecule has 2 rings (SSSR count). The van der Waals surface area contributed by atoms with E-state index in [0.717, 1.165) is 5.56 Å². The van der Waals surface area contributed by atoms with Gasteiger partial charge in [-0.3, -0.25) is 4.79 Å². The molecule has 134 valence electrons. The lowest BCUT2D eigenvalue weighted by molar-refractivity contribution is -0.202. The van der Waals surface area contributed by atoms with Crippen LogP contribution in [0.1, 0.15) is 44.9 Å². The highest BCUT2D eigenvalue weighted by Crippen LogP contribution is 2.51.